The third kappa shape index (κ3) is 5.92. The van der Waals surface area contributed by atoms with Gasteiger partial charge in [0.25, 0.3) is 0 Å². The minimum Gasteiger partial charge on any atom is -0.494 e. The highest BCUT2D eigenvalue weighted by molar-refractivity contribution is 5.80. The van der Waals surface area contributed by atoms with Crippen LogP contribution < -0.4 is 10.1 Å². The number of nitrogens with one attached hydrogen (secondary N) is 1. The Kier molecular flexibility index (Phi) is 7.50. The van der Waals surface area contributed by atoms with Crippen LogP contribution in [0.1, 0.15) is 19.3 Å². The first-order valence-electron chi connectivity index (χ1n) is 8.56. The topological polar surface area (TPSA) is 63.2 Å². The number of hydrogen-bond acceptors (Lipinski definition) is 4. The summed E-state index contributed by atoms with van der Waals surface area (Å²) >= 11 is 0. The number of ether oxygens (including phenoxy) is 2. The van der Waals surface area contributed by atoms with E-state index in [1.807, 2.05) is 0 Å². The van der Waals surface area contributed by atoms with E-state index in [0.717, 1.165) is 44.9 Å². The summed E-state index contributed by atoms with van der Waals surface area (Å²) in [5.41, 5.74) is 0. The fourth-order valence-electron chi connectivity index (χ4n) is 2.82. The first kappa shape index (κ1) is 19.0. The molecule has 1 aromatic rings. The van der Waals surface area contributed by atoms with Gasteiger partial charge in [-0.1, -0.05) is 0 Å². The predicted molar refractivity (Wildman–Crippen MR) is 94.2 cm³/mol. The van der Waals surface area contributed by atoms with Gasteiger partial charge in [0.15, 0.2) is 5.96 Å². The first-order chi connectivity index (χ1) is 12.1. The number of carbonyl (C=O) groups is 1. The molecule has 0 atom stereocenters. The molecule has 0 aromatic heterocycles. The van der Waals surface area contributed by atoms with Gasteiger partial charge in [-0.15, -0.1) is 0 Å². The van der Waals surface area contributed by atoms with E-state index >= 15 is 0 Å². The van der Waals surface area contributed by atoms with Crippen molar-refractivity contribution in [2.24, 2.45) is 10.9 Å². The molecule has 138 valence electrons. The van der Waals surface area contributed by atoms with Gasteiger partial charge in [-0.25, -0.2) is 4.39 Å². The molecule has 0 bridgehead atoms. The standard InChI is InChI=1S/C18H26FN3O3/c1-20-18(22-11-8-14(9-12-22)17(23)24-2)21-10-3-13-25-16-6-4-15(19)5-7-16/h4-7,14H,3,8-13H2,1-2H3,(H,20,21). The first-order valence-corrected chi connectivity index (χ1v) is 8.56. The fraction of sp³-hybridized carbons (Fsp3) is 0.556. The third-order valence-corrected chi connectivity index (χ3v) is 4.23. The largest absolute Gasteiger partial charge is 0.494 e. The Bertz CT molecular complexity index is 569. The lowest BCUT2D eigenvalue weighted by Gasteiger charge is -2.33. The van der Waals surface area contributed by atoms with Gasteiger partial charge in [0.05, 0.1) is 19.6 Å². The number of nitrogens with zero attached hydrogens (tertiary/aromatic N) is 2. The zero-order valence-corrected chi connectivity index (χ0v) is 14.8. The summed E-state index contributed by atoms with van der Waals surface area (Å²) in [4.78, 5) is 18.0. The number of methoxy groups -OCH3 is 1. The minimum absolute atomic E-state index is 0.0107. The second-order valence-electron chi connectivity index (χ2n) is 5.91. The van der Waals surface area contributed by atoms with Crippen LogP contribution in [-0.4, -0.2) is 57.2 Å². The van der Waals surface area contributed by atoms with E-state index in [1.54, 1.807) is 19.2 Å². The lowest BCUT2D eigenvalue weighted by atomic mass is 9.97. The lowest BCUT2D eigenvalue weighted by molar-refractivity contribution is -0.146. The van der Waals surface area contributed by atoms with Gasteiger partial charge in [0.2, 0.25) is 0 Å². The predicted octanol–water partition coefficient (Wildman–Crippen LogP) is 2.05. The van der Waals surface area contributed by atoms with Crippen LogP contribution >= 0.6 is 0 Å². The van der Waals surface area contributed by atoms with Crippen molar-refractivity contribution < 1.29 is 18.7 Å². The quantitative estimate of drug-likeness (QED) is 0.368. The van der Waals surface area contributed by atoms with Crippen molar-refractivity contribution in [1.29, 1.82) is 0 Å². The van der Waals surface area contributed by atoms with Crippen molar-refractivity contribution in [2.45, 2.75) is 19.3 Å². The highest BCUT2D eigenvalue weighted by Crippen LogP contribution is 2.18. The molecule has 1 aromatic carbocycles. The Morgan fingerprint density at radius 1 is 1.32 bits per heavy atom. The molecule has 2 rings (SSSR count). The van der Waals surface area contributed by atoms with Gasteiger partial charge in [-0.2, -0.15) is 0 Å². The third-order valence-electron chi connectivity index (χ3n) is 4.23. The summed E-state index contributed by atoms with van der Waals surface area (Å²) < 4.78 is 23.2. The van der Waals surface area contributed by atoms with Crippen LogP contribution in [0.4, 0.5) is 4.39 Å². The van der Waals surface area contributed by atoms with Crippen LogP contribution in [0.15, 0.2) is 29.3 Å². The maximum atomic E-state index is 12.8. The van der Waals surface area contributed by atoms with E-state index in [-0.39, 0.29) is 17.7 Å². The normalized spacial score (nSPS) is 15.8. The van der Waals surface area contributed by atoms with Crippen LogP contribution in [0.2, 0.25) is 0 Å². The van der Waals surface area contributed by atoms with Crippen LogP contribution in [0.25, 0.3) is 0 Å². The van der Waals surface area contributed by atoms with Crippen LogP contribution in [0.3, 0.4) is 0 Å². The molecule has 0 saturated carbocycles. The Morgan fingerprint density at radius 2 is 2.00 bits per heavy atom. The SMILES string of the molecule is CN=C(NCCCOc1ccc(F)cc1)N1CCC(C(=O)OC)CC1. The Hall–Kier alpha value is -2.31. The van der Waals surface area contributed by atoms with E-state index in [9.17, 15) is 9.18 Å². The molecule has 0 radical (unpaired) electrons. The number of esters is 1. The molecule has 1 heterocycles. The molecule has 1 aliphatic rings. The average molecular weight is 351 g/mol. The molecule has 0 aliphatic carbocycles. The second-order valence-corrected chi connectivity index (χ2v) is 5.91. The van der Waals surface area contributed by atoms with E-state index < -0.39 is 0 Å². The maximum Gasteiger partial charge on any atom is 0.308 e. The minimum atomic E-state index is -0.270. The number of rotatable bonds is 6. The van der Waals surface area contributed by atoms with Gasteiger partial charge in [-0.05, 0) is 43.5 Å². The molecular weight excluding hydrogens is 325 g/mol. The molecule has 1 N–H and O–H groups in total. The van der Waals surface area contributed by atoms with E-state index in [4.69, 9.17) is 9.47 Å². The average Bonchev–Trinajstić information content (AvgIpc) is 2.65. The molecule has 7 heteroatoms. The van der Waals surface area contributed by atoms with Crippen LogP contribution in [-0.2, 0) is 9.53 Å². The smallest absolute Gasteiger partial charge is 0.308 e. The summed E-state index contributed by atoms with van der Waals surface area (Å²) in [5.74, 6) is 1.10. The van der Waals surface area contributed by atoms with Crippen molar-refractivity contribution in [3.05, 3.63) is 30.1 Å². The van der Waals surface area contributed by atoms with E-state index in [2.05, 4.69) is 15.2 Å². The van der Waals surface area contributed by atoms with Gasteiger partial charge < -0.3 is 19.7 Å². The zero-order chi connectivity index (χ0) is 18.1. The van der Waals surface area contributed by atoms with Gasteiger partial charge in [-0.3, -0.25) is 9.79 Å². The van der Waals surface area contributed by atoms with E-state index in [0.29, 0.717) is 12.4 Å². The Balaban J connectivity index is 1.65. The molecule has 1 aliphatic heterocycles. The van der Waals surface area contributed by atoms with Crippen LogP contribution in [0, 0.1) is 11.7 Å². The van der Waals surface area contributed by atoms with Crippen molar-refractivity contribution in [2.75, 3.05) is 40.4 Å². The number of aliphatic imine (C=N–C) groups is 1. The highest BCUT2D eigenvalue weighted by atomic mass is 19.1. The summed E-state index contributed by atoms with van der Waals surface area (Å²) in [7, 11) is 3.19. The number of likely N-dealkylation sites (tertiary alicyclic amines) is 1. The van der Waals surface area contributed by atoms with Crippen molar-refractivity contribution in [3.63, 3.8) is 0 Å². The number of benzene rings is 1. The second kappa shape index (κ2) is 9.86. The molecule has 0 spiro atoms. The number of guanidine groups is 1. The molecule has 0 unspecified atom stereocenters. The van der Waals surface area contributed by atoms with Crippen LogP contribution in [0.5, 0.6) is 5.75 Å². The van der Waals surface area contributed by atoms with Crippen molar-refractivity contribution in [1.82, 2.24) is 10.2 Å². The molecular formula is C18H26FN3O3. The summed E-state index contributed by atoms with van der Waals surface area (Å²) in [6.07, 6.45) is 2.36. The summed E-state index contributed by atoms with van der Waals surface area (Å²) in [5, 5.41) is 3.31. The van der Waals surface area contributed by atoms with Gasteiger partial charge in [0.1, 0.15) is 11.6 Å². The number of carbonyl (C=O) groups excluding carboxylic acids is 1. The number of halogens is 1. The molecule has 1 fully saturated rings. The monoisotopic (exact) mass is 351 g/mol. The van der Waals surface area contributed by atoms with Crippen molar-refractivity contribution in [3.8, 4) is 5.75 Å². The van der Waals surface area contributed by atoms with Gasteiger partial charge >= 0.3 is 5.97 Å². The van der Waals surface area contributed by atoms with Gasteiger partial charge in [0, 0.05) is 26.7 Å². The lowest BCUT2D eigenvalue weighted by Crippen LogP contribution is -2.47. The molecule has 25 heavy (non-hydrogen) atoms. The van der Waals surface area contributed by atoms with E-state index in [1.165, 1.54) is 19.2 Å². The zero-order valence-electron chi connectivity index (χ0n) is 14.8. The summed E-state index contributed by atoms with van der Waals surface area (Å²) in [6.45, 7) is 2.84. The van der Waals surface area contributed by atoms with Crippen molar-refractivity contribution >= 4 is 11.9 Å². The highest BCUT2D eigenvalue weighted by Gasteiger charge is 2.26. The fourth-order valence-corrected chi connectivity index (χ4v) is 2.82. The maximum absolute atomic E-state index is 12.8. The number of piperidine rings is 1. The summed E-state index contributed by atoms with van der Waals surface area (Å²) in [6, 6.07) is 6.00. The Labute approximate surface area is 148 Å². The number of hydrogen-bond donors (Lipinski definition) is 1. The molecule has 0 amide bonds. The molecule has 1 saturated heterocycles. The molecule has 6 nitrogen and oxygen atoms in total. The Morgan fingerprint density at radius 3 is 2.60 bits per heavy atom.